The molecule has 0 amide bonds. The lowest BCUT2D eigenvalue weighted by molar-refractivity contribution is -0.385. The van der Waals surface area contributed by atoms with E-state index in [1.165, 1.54) is 0 Å². The molecule has 0 radical (unpaired) electrons. The first-order chi connectivity index (χ1) is 9.88. The molecule has 2 rings (SSSR count). The molecule has 112 valence electrons. The number of aryl methyl sites for hydroxylation is 2. The molecule has 0 saturated carbocycles. The maximum atomic E-state index is 11.0. The van der Waals surface area contributed by atoms with Gasteiger partial charge in [-0.1, -0.05) is 12.1 Å². The summed E-state index contributed by atoms with van der Waals surface area (Å²) in [6, 6.07) is 9.23. The molecule has 0 aliphatic heterocycles. The summed E-state index contributed by atoms with van der Waals surface area (Å²) in [4.78, 5) is 10.7. The van der Waals surface area contributed by atoms with Gasteiger partial charge in [0, 0.05) is 17.7 Å². The van der Waals surface area contributed by atoms with Crippen LogP contribution in [-0.4, -0.2) is 4.92 Å². The van der Waals surface area contributed by atoms with Gasteiger partial charge in [0.25, 0.3) is 5.69 Å². The average molecular weight is 288 g/mol. The fourth-order valence-electron chi connectivity index (χ4n) is 2.33. The SMILES string of the molecule is Cc1ccc(C(C)NC(C)c2ccc(C)c([N+](=O)[O-])c2)o1. The van der Waals surface area contributed by atoms with Gasteiger partial charge in [0.2, 0.25) is 0 Å². The molecule has 1 N–H and O–H groups in total. The Balaban J connectivity index is 2.15. The van der Waals surface area contributed by atoms with Gasteiger partial charge in [-0.3, -0.25) is 10.1 Å². The maximum Gasteiger partial charge on any atom is 0.272 e. The summed E-state index contributed by atoms with van der Waals surface area (Å²) in [7, 11) is 0. The Hall–Kier alpha value is -2.14. The Morgan fingerprint density at radius 3 is 2.43 bits per heavy atom. The minimum atomic E-state index is -0.342. The van der Waals surface area contributed by atoms with Crippen LogP contribution in [0.5, 0.6) is 0 Å². The normalized spacial score (nSPS) is 13.9. The van der Waals surface area contributed by atoms with Crippen LogP contribution in [-0.2, 0) is 0 Å². The van der Waals surface area contributed by atoms with E-state index in [0.717, 1.165) is 17.1 Å². The highest BCUT2D eigenvalue weighted by molar-refractivity contribution is 5.43. The third-order valence-corrected chi connectivity index (χ3v) is 3.62. The number of nitro groups is 1. The quantitative estimate of drug-likeness (QED) is 0.660. The molecule has 21 heavy (non-hydrogen) atoms. The van der Waals surface area contributed by atoms with Crippen LogP contribution >= 0.6 is 0 Å². The van der Waals surface area contributed by atoms with Crippen molar-refractivity contribution in [1.82, 2.24) is 5.32 Å². The van der Waals surface area contributed by atoms with Gasteiger partial charge in [-0.15, -0.1) is 0 Å². The highest BCUT2D eigenvalue weighted by Crippen LogP contribution is 2.25. The van der Waals surface area contributed by atoms with E-state index in [1.54, 1.807) is 19.1 Å². The van der Waals surface area contributed by atoms with Gasteiger partial charge in [0.05, 0.1) is 11.0 Å². The highest BCUT2D eigenvalue weighted by atomic mass is 16.6. The standard InChI is InChI=1S/C16H20N2O3/c1-10-5-7-14(9-15(10)18(19)20)12(3)17-13(4)16-8-6-11(2)21-16/h5-9,12-13,17H,1-4H3. The first kappa shape index (κ1) is 15.3. The van der Waals surface area contributed by atoms with Gasteiger partial charge in [-0.05, 0) is 45.4 Å². The zero-order valence-corrected chi connectivity index (χ0v) is 12.7. The maximum absolute atomic E-state index is 11.0. The van der Waals surface area contributed by atoms with Crippen LogP contribution in [0, 0.1) is 24.0 Å². The van der Waals surface area contributed by atoms with Gasteiger partial charge in [0.1, 0.15) is 11.5 Å². The van der Waals surface area contributed by atoms with Crippen molar-refractivity contribution >= 4 is 5.69 Å². The summed E-state index contributed by atoms with van der Waals surface area (Å²) >= 11 is 0. The zero-order chi connectivity index (χ0) is 15.6. The van der Waals surface area contributed by atoms with Crippen LogP contribution in [0.2, 0.25) is 0 Å². The summed E-state index contributed by atoms with van der Waals surface area (Å²) in [6.07, 6.45) is 0. The van der Waals surface area contributed by atoms with E-state index >= 15 is 0 Å². The first-order valence-electron chi connectivity index (χ1n) is 6.96. The topological polar surface area (TPSA) is 68.3 Å². The average Bonchev–Trinajstić information content (AvgIpc) is 2.85. The Morgan fingerprint density at radius 2 is 1.86 bits per heavy atom. The van der Waals surface area contributed by atoms with E-state index in [-0.39, 0.29) is 22.7 Å². The van der Waals surface area contributed by atoms with Crippen LogP contribution in [0.15, 0.2) is 34.7 Å². The lowest BCUT2D eigenvalue weighted by atomic mass is 10.0. The molecule has 0 aliphatic rings. The Bertz CT molecular complexity index is 649. The van der Waals surface area contributed by atoms with Gasteiger partial charge < -0.3 is 9.73 Å². The number of nitrogens with zero attached hydrogens (tertiary/aromatic N) is 1. The summed E-state index contributed by atoms with van der Waals surface area (Å²) in [5.41, 5.74) is 1.72. The third kappa shape index (κ3) is 3.49. The summed E-state index contributed by atoms with van der Waals surface area (Å²) in [6.45, 7) is 7.65. The second-order valence-corrected chi connectivity index (χ2v) is 5.36. The van der Waals surface area contributed by atoms with Gasteiger partial charge in [-0.25, -0.2) is 0 Å². The smallest absolute Gasteiger partial charge is 0.272 e. The number of nitro benzene ring substituents is 1. The van der Waals surface area contributed by atoms with E-state index in [4.69, 9.17) is 4.42 Å². The van der Waals surface area contributed by atoms with Crippen LogP contribution in [0.1, 0.15) is 48.6 Å². The lowest BCUT2D eigenvalue weighted by Gasteiger charge is -2.19. The second-order valence-electron chi connectivity index (χ2n) is 5.36. The van der Waals surface area contributed by atoms with Crippen molar-refractivity contribution in [2.24, 2.45) is 0 Å². The third-order valence-electron chi connectivity index (χ3n) is 3.62. The molecule has 1 aromatic carbocycles. The molecule has 2 aromatic rings. The predicted molar refractivity (Wildman–Crippen MR) is 81.2 cm³/mol. The molecule has 0 spiro atoms. The van der Waals surface area contributed by atoms with E-state index in [0.29, 0.717) is 5.56 Å². The summed E-state index contributed by atoms with van der Waals surface area (Å²) in [5, 5.41) is 14.4. The summed E-state index contributed by atoms with van der Waals surface area (Å²) < 4.78 is 5.59. The number of furan rings is 1. The molecule has 1 aromatic heterocycles. The Labute approximate surface area is 124 Å². The van der Waals surface area contributed by atoms with Gasteiger partial charge in [0.15, 0.2) is 0 Å². The monoisotopic (exact) mass is 288 g/mol. The predicted octanol–water partition coefficient (Wildman–Crippen LogP) is 4.22. The molecule has 2 atom stereocenters. The molecule has 0 aliphatic carbocycles. The van der Waals surface area contributed by atoms with Crippen molar-refractivity contribution in [2.75, 3.05) is 0 Å². The molecular formula is C16H20N2O3. The molecule has 0 saturated heterocycles. The molecule has 5 nitrogen and oxygen atoms in total. The van der Waals surface area contributed by atoms with Crippen molar-refractivity contribution in [3.63, 3.8) is 0 Å². The number of hydrogen-bond donors (Lipinski definition) is 1. The number of benzene rings is 1. The van der Waals surface area contributed by atoms with E-state index in [2.05, 4.69) is 5.32 Å². The number of hydrogen-bond acceptors (Lipinski definition) is 4. The van der Waals surface area contributed by atoms with Crippen LogP contribution in [0.4, 0.5) is 5.69 Å². The minimum absolute atomic E-state index is 0.00953. The molecule has 0 bridgehead atoms. The highest BCUT2D eigenvalue weighted by Gasteiger charge is 2.17. The van der Waals surface area contributed by atoms with Gasteiger partial charge in [-0.2, -0.15) is 0 Å². The molecule has 2 unspecified atom stereocenters. The molecular weight excluding hydrogens is 268 g/mol. The second kappa shape index (κ2) is 6.10. The molecule has 1 heterocycles. The van der Waals surface area contributed by atoms with Crippen molar-refractivity contribution in [1.29, 1.82) is 0 Å². The van der Waals surface area contributed by atoms with Crippen molar-refractivity contribution in [3.05, 3.63) is 63.1 Å². The fourth-order valence-corrected chi connectivity index (χ4v) is 2.33. The Morgan fingerprint density at radius 1 is 1.14 bits per heavy atom. The van der Waals surface area contributed by atoms with Crippen molar-refractivity contribution in [3.8, 4) is 0 Å². The van der Waals surface area contributed by atoms with Crippen molar-refractivity contribution in [2.45, 2.75) is 39.8 Å². The van der Waals surface area contributed by atoms with E-state index in [1.807, 2.05) is 39.0 Å². The number of rotatable bonds is 5. The fraction of sp³-hybridized carbons (Fsp3) is 0.375. The lowest BCUT2D eigenvalue weighted by Crippen LogP contribution is -2.22. The van der Waals surface area contributed by atoms with Crippen LogP contribution in [0.25, 0.3) is 0 Å². The Kier molecular flexibility index (Phi) is 4.43. The summed E-state index contributed by atoms with van der Waals surface area (Å²) in [5.74, 6) is 1.73. The first-order valence-corrected chi connectivity index (χ1v) is 6.96. The van der Waals surface area contributed by atoms with Crippen molar-refractivity contribution < 1.29 is 9.34 Å². The van der Waals surface area contributed by atoms with Gasteiger partial charge >= 0.3 is 0 Å². The largest absolute Gasteiger partial charge is 0.465 e. The minimum Gasteiger partial charge on any atom is -0.465 e. The van der Waals surface area contributed by atoms with E-state index in [9.17, 15) is 10.1 Å². The van der Waals surface area contributed by atoms with Crippen LogP contribution < -0.4 is 5.32 Å². The zero-order valence-electron chi connectivity index (χ0n) is 12.7. The molecule has 5 heteroatoms. The molecule has 0 fully saturated rings. The van der Waals surface area contributed by atoms with Crippen LogP contribution in [0.3, 0.4) is 0 Å². The van der Waals surface area contributed by atoms with E-state index < -0.39 is 0 Å². The number of nitrogens with one attached hydrogen (secondary N) is 1.